The molecule has 0 bridgehead atoms. The Kier molecular flexibility index (Phi) is 8.35. The fourth-order valence-corrected chi connectivity index (χ4v) is 2.40. The molecule has 0 aliphatic heterocycles. The third kappa shape index (κ3) is 6.40. The van der Waals surface area contributed by atoms with Crippen molar-refractivity contribution in [3.05, 3.63) is 59.7 Å². The molecule has 2 N–H and O–H groups in total. The van der Waals surface area contributed by atoms with E-state index >= 15 is 0 Å². The molecule has 4 nitrogen and oxygen atoms in total. The van der Waals surface area contributed by atoms with Crippen molar-refractivity contribution in [3.8, 4) is 11.5 Å². The van der Waals surface area contributed by atoms with E-state index in [0.717, 1.165) is 16.9 Å². The SMILES string of the molecule is OCC(Cl)COc1ccccc1Cc1ccccc1OCC(O)CCl. The molecule has 0 saturated heterocycles. The minimum absolute atomic E-state index is 0.128. The average molecular weight is 385 g/mol. The van der Waals surface area contributed by atoms with Crippen molar-refractivity contribution in [1.82, 2.24) is 0 Å². The molecule has 2 aromatic carbocycles. The van der Waals surface area contributed by atoms with Crippen LogP contribution in [0.4, 0.5) is 0 Å². The lowest BCUT2D eigenvalue weighted by Crippen LogP contribution is -2.19. The summed E-state index contributed by atoms with van der Waals surface area (Å²) in [6, 6.07) is 15.3. The number of ether oxygens (including phenoxy) is 2. The van der Waals surface area contributed by atoms with Crippen LogP contribution in [-0.4, -0.2) is 47.4 Å². The zero-order valence-electron chi connectivity index (χ0n) is 13.8. The van der Waals surface area contributed by atoms with Gasteiger partial charge in [-0.1, -0.05) is 36.4 Å². The van der Waals surface area contributed by atoms with Gasteiger partial charge >= 0.3 is 0 Å². The second kappa shape index (κ2) is 10.5. The topological polar surface area (TPSA) is 58.9 Å². The van der Waals surface area contributed by atoms with Crippen LogP contribution in [0.1, 0.15) is 11.1 Å². The average Bonchev–Trinajstić information content (AvgIpc) is 2.66. The molecule has 136 valence electrons. The van der Waals surface area contributed by atoms with Crippen LogP contribution in [0.25, 0.3) is 0 Å². The zero-order valence-corrected chi connectivity index (χ0v) is 15.3. The van der Waals surface area contributed by atoms with Crippen molar-refractivity contribution in [2.75, 3.05) is 25.7 Å². The Morgan fingerprint density at radius 1 is 0.880 bits per heavy atom. The standard InChI is InChI=1S/C19H22Cl2O4/c20-10-17(23)13-25-19-8-4-2-6-15(19)9-14-5-1-3-7-18(14)24-12-16(21)11-22/h1-8,16-17,22-23H,9-13H2. The Labute approximate surface area is 157 Å². The highest BCUT2D eigenvalue weighted by molar-refractivity contribution is 6.20. The number of para-hydroxylation sites is 2. The highest BCUT2D eigenvalue weighted by Gasteiger charge is 2.11. The smallest absolute Gasteiger partial charge is 0.122 e. The lowest BCUT2D eigenvalue weighted by Gasteiger charge is -2.16. The maximum Gasteiger partial charge on any atom is 0.122 e. The highest BCUT2D eigenvalue weighted by atomic mass is 35.5. The number of hydrogen-bond donors (Lipinski definition) is 2. The second-order valence-corrected chi connectivity index (χ2v) is 6.53. The van der Waals surface area contributed by atoms with Gasteiger partial charge in [0.15, 0.2) is 0 Å². The normalized spacial score (nSPS) is 13.3. The van der Waals surface area contributed by atoms with E-state index in [1.165, 1.54) is 0 Å². The first kappa shape index (κ1) is 19.9. The van der Waals surface area contributed by atoms with Crippen molar-refractivity contribution in [2.24, 2.45) is 0 Å². The van der Waals surface area contributed by atoms with E-state index in [4.69, 9.17) is 37.8 Å². The molecule has 0 aromatic heterocycles. The number of aliphatic hydroxyl groups excluding tert-OH is 2. The maximum absolute atomic E-state index is 9.58. The van der Waals surface area contributed by atoms with E-state index in [2.05, 4.69) is 0 Å². The van der Waals surface area contributed by atoms with Crippen molar-refractivity contribution in [2.45, 2.75) is 17.9 Å². The van der Waals surface area contributed by atoms with Crippen LogP contribution >= 0.6 is 23.2 Å². The predicted molar refractivity (Wildman–Crippen MR) is 100 cm³/mol. The fourth-order valence-electron chi connectivity index (χ4n) is 2.25. The van der Waals surface area contributed by atoms with Crippen LogP contribution in [0.15, 0.2) is 48.5 Å². The van der Waals surface area contributed by atoms with Crippen LogP contribution in [0.5, 0.6) is 11.5 Å². The summed E-state index contributed by atoms with van der Waals surface area (Å²) in [6.07, 6.45) is -0.0976. The van der Waals surface area contributed by atoms with Gasteiger partial charge in [0.1, 0.15) is 30.8 Å². The Hall–Kier alpha value is -1.46. The third-order valence-electron chi connectivity index (χ3n) is 3.55. The predicted octanol–water partition coefficient (Wildman–Crippen LogP) is 3.23. The second-order valence-electron chi connectivity index (χ2n) is 5.60. The van der Waals surface area contributed by atoms with Gasteiger partial charge in [-0.15, -0.1) is 23.2 Å². The lowest BCUT2D eigenvalue weighted by atomic mass is 10.0. The molecule has 2 rings (SSSR count). The van der Waals surface area contributed by atoms with E-state index in [0.29, 0.717) is 12.2 Å². The first-order valence-corrected chi connectivity index (χ1v) is 9.01. The number of halogens is 2. The molecule has 0 amide bonds. The monoisotopic (exact) mass is 384 g/mol. The van der Waals surface area contributed by atoms with Crippen LogP contribution in [0, 0.1) is 0 Å². The van der Waals surface area contributed by atoms with Gasteiger partial charge in [-0.05, 0) is 23.3 Å². The van der Waals surface area contributed by atoms with E-state index < -0.39 is 11.5 Å². The molecule has 0 aliphatic rings. The molecule has 0 saturated carbocycles. The van der Waals surface area contributed by atoms with Crippen molar-refractivity contribution >= 4 is 23.2 Å². The van der Waals surface area contributed by atoms with Gasteiger partial charge in [0.05, 0.1) is 17.9 Å². The Morgan fingerprint density at radius 2 is 1.40 bits per heavy atom. The summed E-state index contributed by atoms with van der Waals surface area (Å²) in [5.74, 6) is 1.55. The number of hydrogen-bond acceptors (Lipinski definition) is 4. The Balaban J connectivity index is 2.11. The minimum Gasteiger partial charge on any atom is -0.492 e. The molecule has 0 spiro atoms. The van der Waals surface area contributed by atoms with Crippen molar-refractivity contribution < 1.29 is 19.7 Å². The summed E-state index contributed by atoms with van der Waals surface area (Å²) in [4.78, 5) is 0. The summed E-state index contributed by atoms with van der Waals surface area (Å²) >= 11 is 11.5. The van der Waals surface area contributed by atoms with Crippen LogP contribution in [0.3, 0.4) is 0 Å². The van der Waals surface area contributed by atoms with Gasteiger partial charge in [-0.2, -0.15) is 0 Å². The summed E-state index contributed by atoms with van der Waals surface area (Å²) < 4.78 is 11.4. The van der Waals surface area contributed by atoms with Gasteiger partial charge in [0, 0.05) is 6.42 Å². The van der Waals surface area contributed by atoms with Gasteiger partial charge in [0.2, 0.25) is 0 Å². The van der Waals surface area contributed by atoms with Crippen LogP contribution < -0.4 is 9.47 Å². The first-order chi connectivity index (χ1) is 12.1. The largest absolute Gasteiger partial charge is 0.492 e. The van der Waals surface area contributed by atoms with Gasteiger partial charge in [-0.25, -0.2) is 0 Å². The van der Waals surface area contributed by atoms with E-state index in [-0.39, 0.29) is 25.7 Å². The number of aliphatic hydroxyl groups is 2. The van der Waals surface area contributed by atoms with Crippen molar-refractivity contribution in [3.63, 3.8) is 0 Å². The molecule has 0 aliphatic carbocycles. The summed E-state index contributed by atoms with van der Waals surface area (Å²) in [7, 11) is 0. The first-order valence-electron chi connectivity index (χ1n) is 8.04. The van der Waals surface area contributed by atoms with Crippen LogP contribution in [-0.2, 0) is 6.42 Å². The summed E-state index contributed by atoms with van der Waals surface area (Å²) in [6.45, 7) is 0.238. The molecule has 0 fully saturated rings. The molecule has 0 radical (unpaired) electrons. The summed E-state index contributed by atoms with van der Waals surface area (Å²) in [5.41, 5.74) is 1.96. The number of alkyl halides is 2. The molecule has 25 heavy (non-hydrogen) atoms. The highest BCUT2D eigenvalue weighted by Crippen LogP contribution is 2.27. The molecular weight excluding hydrogens is 363 g/mol. The van der Waals surface area contributed by atoms with Crippen LogP contribution in [0.2, 0.25) is 0 Å². The minimum atomic E-state index is -0.704. The van der Waals surface area contributed by atoms with Gasteiger partial charge < -0.3 is 19.7 Å². The van der Waals surface area contributed by atoms with E-state index in [1.807, 2.05) is 48.5 Å². The van der Waals surface area contributed by atoms with E-state index in [1.54, 1.807) is 0 Å². The molecule has 2 unspecified atom stereocenters. The molecule has 2 aromatic rings. The molecule has 6 heteroatoms. The number of rotatable bonds is 10. The Morgan fingerprint density at radius 3 is 1.92 bits per heavy atom. The number of benzene rings is 2. The molecular formula is C19H22Cl2O4. The fraction of sp³-hybridized carbons (Fsp3) is 0.368. The Bertz CT molecular complexity index is 595. The van der Waals surface area contributed by atoms with E-state index in [9.17, 15) is 5.11 Å². The quantitative estimate of drug-likeness (QED) is 0.617. The van der Waals surface area contributed by atoms with Gasteiger partial charge in [0.25, 0.3) is 0 Å². The van der Waals surface area contributed by atoms with Gasteiger partial charge in [-0.3, -0.25) is 0 Å². The maximum atomic E-state index is 9.58. The lowest BCUT2D eigenvalue weighted by molar-refractivity contribution is 0.125. The summed E-state index contributed by atoms with van der Waals surface area (Å²) in [5, 5.41) is 18.2. The zero-order chi connectivity index (χ0) is 18.1. The third-order valence-corrected chi connectivity index (χ3v) is 4.17. The molecule has 0 heterocycles. The van der Waals surface area contributed by atoms with Crippen molar-refractivity contribution in [1.29, 1.82) is 0 Å². The molecule has 2 atom stereocenters.